The maximum Gasteiger partial charge on any atom is 0.410 e. The Morgan fingerprint density at radius 2 is 2.17 bits per heavy atom. The lowest BCUT2D eigenvalue weighted by Gasteiger charge is -2.27. The third kappa shape index (κ3) is 3.34. The van der Waals surface area contributed by atoms with Crippen LogP contribution < -0.4 is 0 Å². The van der Waals surface area contributed by atoms with Crippen molar-refractivity contribution in [2.45, 2.75) is 52.2 Å². The first-order valence-corrected chi connectivity index (χ1v) is 8.56. The molecule has 1 aliphatic heterocycles. The van der Waals surface area contributed by atoms with Crippen LogP contribution in [0.3, 0.4) is 0 Å². The molecule has 0 aromatic carbocycles. The molecule has 1 atom stereocenters. The molecule has 0 saturated carbocycles. The number of imidazole rings is 1. The minimum atomic E-state index is -0.498. The number of likely N-dealkylation sites (tertiary alicyclic amines) is 1. The first-order chi connectivity index (χ1) is 10.7. The summed E-state index contributed by atoms with van der Waals surface area (Å²) >= 11 is 3.48. The molecule has 3 rings (SSSR count). The molecule has 2 aromatic heterocycles. The van der Waals surface area contributed by atoms with Crippen LogP contribution in [0.15, 0.2) is 10.5 Å². The monoisotopic (exact) mass is 380 g/mol. The standard InChI is InChI=1S/C16H21BrN4O2/c1-9-10(17)8-11-13(18-9)20-14(19-11)12-6-5-7-21(12)15(22)23-16(2,3)4/h8,12H,5-7H2,1-4H3,(H,18,19,20)/t12-/m1/s1. The number of aromatic nitrogens is 3. The van der Waals surface area contributed by atoms with Crippen LogP contribution in [0.25, 0.3) is 11.2 Å². The Morgan fingerprint density at radius 1 is 1.43 bits per heavy atom. The van der Waals surface area contributed by atoms with E-state index in [1.165, 1.54) is 0 Å². The predicted octanol–water partition coefficient (Wildman–Crippen LogP) is 4.10. The molecule has 0 radical (unpaired) electrons. The SMILES string of the molecule is Cc1nc2nc([C@H]3CCCN3C(=O)OC(C)(C)C)[nH]c2cc1Br. The molecule has 1 N–H and O–H groups in total. The number of aromatic amines is 1. The number of H-pyrrole nitrogens is 1. The van der Waals surface area contributed by atoms with Gasteiger partial charge in [-0.15, -0.1) is 0 Å². The zero-order valence-electron chi connectivity index (χ0n) is 13.8. The second-order valence-corrected chi connectivity index (χ2v) is 7.73. The highest BCUT2D eigenvalue weighted by Gasteiger charge is 2.35. The average molecular weight is 381 g/mol. The Bertz CT molecular complexity index is 711. The zero-order chi connectivity index (χ0) is 16.8. The number of rotatable bonds is 1. The van der Waals surface area contributed by atoms with Gasteiger partial charge in [-0.3, -0.25) is 4.90 Å². The highest BCUT2D eigenvalue weighted by molar-refractivity contribution is 9.10. The van der Waals surface area contributed by atoms with E-state index in [4.69, 9.17) is 4.74 Å². The highest BCUT2D eigenvalue weighted by Crippen LogP contribution is 2.33. The Labute approximate surface area is 143 Å². The lowest BCUT2D eigenvalue weighted by atomic mass is 10.2. The molecule has 0 spiro atoms. The Hall–Kier alpha value is -1.63. The van der Waals surface area contributed by atoms with E-state index in [0.29, 0.717) is 12.2 Å². The maximum absolute atomic E-state index is 12.4. The second-order valence-electron chi connectivity index (χ2n) is 6.88. The van der Waals surface area contributed by atoms with Gasteiger partial charge in [0.15, 0.2) is 5.65 Å². The third-order valence-corrected chi connectivity index (χ3v) is 4.62. The largest absolute Gasteiger partial charge is 0.444 e. The van der Waals surface area contributed by atoms with Crippen molar-refractivity contribution in [3.8, 4) is 0 Å². The molecule has 2 aromatic rings. The van der Waals surface area contributed by atoms with Gasteiger partial charge in [0, 0.05) is 11.0 Å². The molecule has 124 valence electrons. The summed E-state index contributed by atoms with van der Waals surface area (Å²) in [5.41, 5.74) is 1.94. The van der Waals surface area contributed by atoms with E-state index in [-0.39, 0.29) is 12.1 Å². The van der Waals surface area contributed by atoms with E-state index in [1.54, 1.807) is 4.90 Å². The smallest absolute Gasteiger partial charge is 0.410 e. The molecule has 7 heteroatoms. The third-order valence-electron chi connectivity index (χ3n) is 3.82. The summed E-state index contributed by atoms with van der Waals surface area (Å²) in [5, 5.41) is 0. The van der Waals surface area contributed by atoms with Crippen molar-refractivity contribution in [1.29, 1.82) is 0 Å². The van der Waals surface area contributed by atoms with Crippen LogP contribution in [0.1, 0.15) is 51.2 Å². The first-order valence-electron chi connectivity index (χ1n) is 7.77. The van der Waals surface area contributed by atoms with Crippen LogP contribution in [0, 0.1) is 6.92 Å². The van der Waals surface area contributed by atoms with Gasteiger partial charge >= 0.3 is 6.09 Å². The highest BCUT2D eigenvalue weighted by atomic mass is 79.9. The number of carbonyl (C=O) groups is 1. The summed E-state index contributed by atoms with van der Waals surface area (Å²) in [6.07, 6.45) is 1.53. The van der Waals surface area contributed by atoms with Gasteiger partial charge in [-0.25, -0.2) is 14.8 Å². The van der Waals surface area contributed by atoms with E-state index in [9.17, 15) is 4.79 Å². The number of nitrogens with zero attached hydrogens (tertiary/aromatic N) is 3. The molecule has 0 unspecified atom stereocenters. The predicted molar refractivity (Wildman–Crippen MR) is 91.2 cm³/mol. The zero-order valence-corrected chi connectivity index (χ0v) is 15.4. The number of pyridine rings is 1. The van der Waals surface area contributed by atoms with Crippen LogP contribution in [-0.4, -0.2) is 38.1 Å². The van der Waals surface area contributed by atoms with Crippen molar-refractivity contribution < 1.29 is 9.53 Å². The molecule has 3 heterocycles. The van der Waals surface area contributed by atoms with Crippen LogP contribution in [0.5, 0.6) is 0 Å². The second kappa shape index (κ2) is 5.78. The van der Waals surface area contributed by atoms with Crippen LogP contribution in [0.4, 0.5) is 4.79 Å². The Balaban J connectivity index is 1.89. The number of hydrogen-bond acceptors (Lipinski definition) is 4. The molecule has 23 heavy (non-hydrogen) atoms. The van der Waals surface area contributed by atoms with Gasteiger partial charge in [-0.2, -0.15) is 0 Å². The summed E-state index contributed by atoms with van der Waals surface area (Å²) in [4.78, 5) is 26.5. The quantitative estimate of drug-likeness (QED) is 0.807. The van der Waals surface area contributed by atoms with E-state index >= 15 is 0 Å². The molecule has 0 bridgehead atoms. The fourth-order valence-corrected chi connectivity index (χ4v) is 3.09. The topological polar surface area (TPSA) is 71.1 Å². The molecular weight excluding hydrogens is 360 g/mol. The summed E-state index contributed by atoms with van der Waals surface area (Å²) < 4.78 is 6.45. The van der Waals surface area contributed by atoms with Crippen molar-refractivity contribution in [3.63, 3.8) is 0 Å². The van der Waals surface area contributed by atoms with Gasteiger partial charge in [0.05, 0.1) is 17.3 Å². The number of amides is 1. The molecule has 1 amide bonds. The van der Waals surface area contributed by atoms with Crippen molar-refractivity contribution in [2.24, 2.45) is 0 Å². The summed E-state index contributed by atoms with van der Waals surface area (Å²) in [6.45, 7) is 8.25. The van der Waals surface area contributed by atoms with Gasteiger partial charge in [-0.05, 0) is 62.5 Å². The fourth-order valence-electron chi connectivity index (χ4n) is 2.77. The lowest BCUT2D eigenvalue weighted by Crippen LogP contribution is -2.36. The Morgan fingerprint density at radius 3 is 2.87 bits per heavy atom. The normalized spacial score (nSPS) is 18.7. The van der Waals surface area contributed by atoms with Crippen molar-refractivity contribution >= 4 is 33.2 Å². The summed E-state index contributed by atoms with van der Waals surface area (Å²) in [6, 6.07) is 1.89. The van der Waals surface area contributed by atoms with Crippen LogP contribution in [-0.2, 0) is 4.74 Å². The van der Waals surface area contributed by atoms with Gasteiger partial charge in [-0.1, -0.05) is 0 Å². The molecular formula is C16H21BrN4O2. The van der Waals surface area contributed by atoms with E-state index in [0.717, 1.165) is 34.3 Å². The van der Waals surface area contributed by atoms with Gasteiger partial charge in [0.2, 0.25) is 0 Å². The molecule has 1 fully saturated rings. The van der Waals surface area contributed by atoms with E-state index < -0.39 is 5.60 Å². The first kappa shape index (κ1) is 16.2. The fraction of sp³-hybridized carbons (Fsp3) is 0.562. The van der Waals surface area contributed by atoms with Gasteiger partial charge in [0.1, 0.15) is 11.4 Å². The summed E-state index contributed by atoms with van der Waals surface area (Å²) in [5.74, 6) is 0.772. The van der Waals surface area contributed by atoms with E-state index in [2.05, 4.69) is 30.9 Å². The molecule has 1 aliphatic rings. The minimum absolute atomic E-state index is 0.0851. The number of halogens is 1. The number of fused-ring (bicyclic) bond motifs is 1. The van der Waals surface area contributed by atoms with Crippen LogP contribution >= 0.6 is 15.9 Å². The molecule has 1 saturated heterocycles. The minimum Gasteiger partial charge on any atom is -0.444 e. The number of aryl methyl sites for hydroxylation is 1. The number of carbonyl (C=O) groups excluding carboxylic acids is 1. The van der Waals surface area contributed by atoms with Gasteiger partial charge in [0.25, 0.3) is 0 Å². The number of ether oxygens (including phenoxy) is 1. The number of hydrogen-bond donors (Lipinski definition) is 1. The number of nitrogens with one attached hydrogen (secondary N) is 1. The van der Waals surface area contributed by atoms with Crippen LogP contribution in [0.2, 0.25) is 0 Å². The van der Waals surface area contributed by atoms with Crippen molar-refractivity contribution in [2.75, 3.05) is 6.54 Å². The van der Waals surface area contributed by atoms with Crippen molar-refractivity contribution in [3.05, 3.63) is 22.1 Å². The van der Waals surface area contributed by atoms with Gasteiger partial charge < -0.3 is 9.72 Å². The lowest BCUT2D eigenvalue weighted by molar-refractivity contribution is 0.0219. The Kier molecular flexibility index (Phi) is 4.08. The molecule has 0 aliphatic carbocycles. The summed E-state index contributed by atoms with van der Waals surface area (Å²) in [7, 11) is 0. The molecule has 6 nitrogen and oxygen atoms in total. The maximum atomic E-state index is 12.4. The van der Waals surface area contributed by atoms with Crippen molar-refractivity contribution in [1.82, 2.24) is 19.9 Å². The van der Waals surface area contributed by atoms with E-state index in [1.807, 2.05) is 33.8 Å². The average Bonchev–Trinajstić information content (AvgIpc) is 3.03.